The molecule has 0 aliphatic heterocycles. The predicted octanol–water partition coefficient (Wildman–Crippen LogP) is 5.65. The lowest BCUT2D eigenvalue weighted by Crippen LogP contribution is -2.33. The number of hydrogen-bond donors (Lipinski definition) is 2. The average molecular weight is 572 g/mol. The molecule has 1 aliphatic rings. The van der Waals surface area contributed by atoms with Crippen molar-refractivity contribution >= 4 is 51.4 Å². The number of esters is 1. The first-order valence-electron chi connectivity index (χ1n) is 12.4. The molecule has 2 N–H and O–H groups in total. The van der Waals surface area contributed by atoms with Gasteiger partial charge in [-0.15, -0.1) is 11.3 Å². The molecule has 204 valence electrons. The number of ether oxygens (including phenoxy) is 2. The Bertz CT molecular complexity index is 1400. The molecular weight excluding hydrogens is 545 g/mol. The largest absolute Gasteiger partial charge is 0.489 e. The lowest BCUT2D eigenvalue weighted by atomic mass is 9.95. The van der Waals surface area contributed by atoms with Gasteiger partial charge in [0.25, 0.3) is 0 Å². The van der Waals surface area contributed by atoms with E-state index in [0.29, 0.717) is 27.6 Å². The van der Waals surface area contributed by atoms with Crippen molar-refractivity contribution < 1.29 is 28.2 Å². The Labute approximate surface area is 234 Å². The molecular formula is C28H27ClFN3O5S. The summed E-state index contributed by atoms with van der Waals surface area (Å²) in [5, 5.41) is 7.17. The number of thiophene rings is 1. The van der Waals surface area contributed by atoms with Crippen LogP contribution in [-0.2, 0) is 33.8 Å². The molecule has 4 rings (SSSR count). The third kappa shape index (κ3) is 6.82. The number of carbonyl (C=O) groups excluding carboxylic acids is 3. The van der Waals surface area contributed by atoms with E-state index in [0.717, 1.165) is 36.1 Å². The number of benzene rings is 2. The van der Waals surface area contributed by atoms with Crippen molar-refractivity contribution in [1.29, 1.82) is 0 Å². The maximum absolute atomic E-state index is 13.9. The zero-order valence-corrected chi connectivity index (χ0v) is 23.0. The molecule has 0 spiro atoms. The number of anilines is 1. The zero-order chi connectivity index (χ0) is 27.9. The quantitative estimate of drug-likeness (QED) is 0.157. The van der Waals surface area contributed by atoms with Gasteiger partial charge in [0, 0.05) is 10.4 Å². The zero-order valence-electron chi connectivity index (χ0n) is 21.4. The van der Waals surface area contributed by atoms with Gasteiger partial charge in [-0.25, -0.2) is 14.6 Å². The molecule has 1 aliphatic carbocycles. The van der Waals surface area contributed by atoms with Crippen LogP contribution in [0, 0.1) is 5.82 Å². The number of halogens is 2. The molecule has 3 aromatic rings. The Morgan fingerprint density at radius 3 is 2.54 bits per heavy atom. The minimum absolute atomic E-state index is 0.0335. The van der Waals surface area contributed by atoms with Crippen LogP contribution in [0.1, 0.15) is 58.6 Å². The van der Waals surface area contributed by atoms with E-state index in [-0.39, 0.29) is 23.8 Å². The number of hydrazone groups is 1. The third-order valence-corrected chi connectivity index (χ3v) is 7.69. The van der Waals surface area contributed by atoms with Crippen LogP contribution in [0.15, 0.2) is 47.6 Å². The molecule has 8 nitrogen and oxygen atoms in total. The molecule has 0 unspecified atom stereocenters. The summed E-state index contributed by atoms with van der Waals surface area (Å²) in [6.07, 6.45) is 3.50. The molecule has 39 heavy (non-hydrogen) atoms. The molecule has 0 saturated carbocycles. The van der Waals surface area contributed by atoms with Gasteiger partial charge in [-0.05, 0) is 87.1 Å². The molecule has 0 fully saturated rings. The number of nitrogens with one attached hydrogen (secondary N) is 2. The van der Waals surface area contributed by atoms with Gasteiger partial charge in [0.1, 0.15) is 23.2 Å². The van der Waals surface area contributed by atoms with Crippen molar-refractivity contribution in [3.05, 3.63) is 80.4 Å². The summed E-state index contributed by atoms with van der Waals surface area (Å²) >= 11 is 7.33. The van der Waals surface area contributed by atoms with Gasteiger partial charge in [0.2, 0.25) is 0 Å². The van der Waals surface area contributed by atoms with E-state index in [1.54, 1.807) is 44.2 Å². The summed E-state index contributed by atoms with van der Waals surface area (Å²) in [4.78, 5) is 38.7. The maximum atomic E-state index is 13.9. The normalized spacial score (nSPS) is 12.9. The van der Waals surface area contributed by atoms with Crippen molar-refractivity contribution in [2.45, 2.75) is 46.1 Å². The summed E-state index contributed by atoms with van der Waals surface area (Å²) in [6, 6.07) is 11.2. The highest BCUT2D eigenvalue weighted by Crippen LogP contribution is 2.38. The van der Waals surface area contributed by atoms with Crippen LogP contribution in [0.3, 0.4) is 0 Å². The third-order valence-electron chi connectivity index (χ3n) is 6.13. The van der Waals surface area contributed by atoms with E-state index < -0.39 is 23.6 Å². The van der Waals surface area contributed by atoms with Crippen LogP contribution in [0.4, 0.5) is 9.39 Å². The van der Waals surface area contributed by atoms with Crippen LogP contribution in [0.2, 0.25) is 5.02 Å². The van der Waals surface area contributed by atoms with Gasteiger partial charge in [-0.2, -0.15) is 5.10 Å². The van der Waals surface area contributed by atoms with Crippen LogP contribution in [-0.4, -0.2) is 30.1 Å². The Morgan fingerprint density at radius 2 is 1.82 bits per heavy atom. The van der Waals surface area contributed by atoms with E-state index in [4.69, 9.17) is 21.1 Å². The van der Waals surface area contributed by atoms with Gasteiger partial charge in [0.15, 0.2) is 0 Å². The number of rotatable bonds is 8. The van der Waals surface area contributed by atoms with Gasteiger partial charge < -0.3 is 14.8 Å². The van der Waals surface area contributed by atoms with Gasteiger partial charge in [-0.1, -0.05) is 17.7 Å². The van der Waals surface area contributed by atoms with Crippen LogP contribution in [0.25, 0.3) is 0 Å². The maximum Gasteiger partial charge on any atom is 0.341 e. The molecule has 0 bridgehead atoms. The Hall–Kier alpha value is -3.76. The van der Waals surface area contributed by atoms with E-state index >= 15 is 0 Å². The van der Waals surface area contributed by atoms with Gasteiger partial charge in [-0.3, -0.25) is 9.59 Å². The fourth-order valence-electron chi connectivity index (χ4n) is 4.10. The molecule has 2 amide bonds. The fraction of sp³-hybridized carbons (Fsp3) is 0.286. The van der Waals surface area contributed by atoms with Crippen LogP contribution in [0.5, 0.6) is 5.75 Å². The summed E-state index contributed by atoms with van der Waals surface area (Å²) in [6.45, 7) is 3.55. The molecule has 1 heterocycles. The topological polar surface area (TPSA) is 106 Å². The number of aryl methyl sites for hydroxylation is 1. The minimum atomic E-state index is -0.975. The summed E-state index contributed by atoms with van der Waals surface area (Å²) in [7, 11) is 0. The monoisotopic (exact) mass is 571 g/mol. The summed E-state index contributed by atoms with van der Waals surface area (Å²) in [5.74, 6) is -2.38. The highest BCUT2D eigenvalue weighted by molar-refractivity contribution is 7.17. The number of hydrogen-bond acceptors (Lipinski definition) is 7. The smallest absolute Gasteiger partial charge is 0.341 e. The summed E-state index contributed by atoms with van der Waals surface area (Å²) in [5.41, 5.74) is 4.84. The molecule has 2 aromatic carbocycles. The minimum Gasteiger partial charge on any atom is -0.489 e. The van der Waals surface area contributed by atoms with E-state index in [1.165, 1.54) is 23.5 Å². The highest BCUT2D eigenvalue weighted by Gasteiger charge is 2.28. The van der Waals surface area contributed by atoms with Crippen molar-refractivity contribution in [3.63, 3.8) is 0 Å². The molecule has 0 radical (unpaired) electrons. The lowest BCUT2D eigenvalue weighted by Gasteiger charge is -2.12. The van der Waals surface area contributed by atoms with Gasteiger partial charge >= 0.3 is 17.8 Å². The van der Waals surface area contributed by atoms with Crippen LogP contribution < -0.4 is 15.5 Å². The fourth-order valence-corrected chi connectivity index (χ4v) is 5.59. The number of fused-ring (bicyclic) bond motifs is 1. The molecule has 0 saturated heterocycles. The number of nitrogens with zero attached hydrogens (tertiary/aromatic N) is 1. The van der Waals surface area contributed by atoms with Crippen molar-refractivity contribution in [3.8, 4) is 5.75 Å². The SMILES string of the molecule is CCOC(=O)c1c(NC(=O)C(=O)NN=C(C)c2ccc(OCc3c(F)cccc3Cl)cc2)sc2c1CCCC2. The Kier molecular flexibility index (Phi) is 9.32. The molecule has 0 atom stereocenters. The first kappa shape index (κ1) is 28.3. The second-order valence-electron chi connectivity index (χ2n) is 8.74. The number of carbonyl (C=O) groups is 3. The van der Waals surface area contributed by atoms with Crippen molar-refractivity contribution in [1.82, 2.24) is 5.43 Å². The van der Waals surface area contributed by atoms with Gasteiger partial charge in [0.05, 0.1) is 22.9 Å². The number of amides is 2. The highest BCUT2D eigenvalue weighted by atomic mass is 35.5. The molecule has 1 aromatic heterocycles. The second kappa shape index (κ2) is 12.9. The summed E-state index contributed by atoms with van der Waals surface area (Å²) < 4.78 is 24.7. The standard InChI is InChI=1S/C28H27ClFN3O5S/c1-3-37-28(36)24-19-7-4-5-10-23(19)39-27(24)31-25(34)26(35)33-32-16(2)17-11-13-18(14-12-17)38-15-20-21(29)8-6-9-22(20)30/h6,8-9,11-14H,3-5,7,10,15H2,1-2H3,(H,31,34)(H,33,35). The Balaban J connectivity index is 1.37. The average Bonchev–Trinajstić information content (AvgIpc) is 3.29. The van der Waals surface area contributed by atoms with E-state index in [2.05, 4.69) is 15.8 Å². The first-order valence-corrected chi connectivity index (χ1v) is 13.6. The second-order valence-corrected chi connectivity index (χ2v) is 10.3. The van der Waals surface area contributed by atoms with E-state index in [9.17, 15) is 18.8 Å². The molecule has 11 heteroatoms. The Morgan fingerprint density at radius 1 is 1.08 bits per heavy atom. The van der Waals surface area contributed by atoms with Crippen LogP contribution >= 0.6 is 22.9 Å². The van der Waals surface area contributed by atoms with Crippen molar-refractivity contribution in [2.75, 3.05) is 11.9 Å². The van der Waals surface area contributed by atoms with Crippen molar-refractivity contribution in [2.24, 2.45) is 5.10 Å². The lowest BCUT2D eigenvalue weighted by molar-refractivity contribution is -0.136. The first-order chi connectivity index (χ1) is 18.8. The van der Waals surface area contributed by atoms with E-state index in [1.807, 2.05) is 0 Å². The predicted molar refractivity (Wildman–Crippen MR) is 148 cm³/mol.